The Morgan fingerprint density at radius 1 is 0.698 bits per heavy atom. The van der Waals surface area contributed by atoms with Crippen LogP contribution in [0.3, 0.4) is 0 Å². The molecular weight excluding hydrogens is 855 g/mol. The number of nitrogens with zero attached hydrogens (tertiary/aromatic N) is 4. The maximum Gasteiger partial charge on any atom is 0.290 e. The Hall–Kier alpha value is -6.08. The molecule has 0 aliphatic carbocycles. The highest BCUT2D eigenvalue weighted by Gasteiger charge is 2.45. The summed E-state index contributed by atoms with van der Waals surface area (Å²) in [7, 11) is 0. The van der Waals surface area contributed by atoms with Gasteiger partial charge in [-0.05, 0) is 106 Å². The number of piperidine rings is 1. The zero-order chi connectivity index (χ0) is 44.1. The standard InChI is InChI=1S/C45H44F2N6O8S2/c46-45(47)26-53(17-12-36(45)55)44(59)35-23-61-42(51-35)30-9-5-28(6-10-30)21-49-40(57)38(32-14-19-63-25-32)37(31-13-18-62-24-31)39(56)48-20-27-3-7-29(8-4-27)41-50-34(22-60-41)43(58)52-15-1-2-33(54)11-16-52/h3-10,13-14,18-19,22-25,33,36-38,54-55H,1-2,11-12,15-17,20-21,26H2,(H,48,56)(H,49,57). The topological polar surface area (TPSA) is 191 Å². The molecule has 4 atom stereocenters. The van der Waals surface area contributed by atoms with E-state index in [2.05, 4.69) is 20.6 Å². The first-order chi connectivity index (χ1) is 30.4. The monoisotopic (exact) mass is 898 g/mol. The van der Waals surface area contributed by atoms with Gasteiger partial charge in [0.1, 0.15) is 18.6 Å². The van der Waals surface area contributed by atoms with Gasteiger partial charge in [0, 0.05) is 43.9 Å². The van der Waals surface area contributed by atoms with Crippen LogP contribution in [0, 0.1) is 0 Å². The number of rotatable bonds is 13. The number of benzene rings is 2. The molecule has 8 rings (SSSR count). The maximum atomic E-state index is 14.2. The van der Waals surface area contributed by atoms with E-state index in [-0.39, 0.29) is 66.9 Å². The van der Waals surface area contributed by atoms with Crippen LogP contribution in [0.25, 0.3) is 22.9 Å². The van der Waals surface area contributed by atoms with Crippen LogP contribution in [0.4, 0.5) is 8.78 Å². The van der Waals surface area contributed by atoms with Crippen LogP contribution in [0.1, 0.15) is 80.7 Å². The predicted octanol–water partition coefficient (Wildman–Crippen LogP) is 6.45. The molecule has 4 unspecified atom stereocenters. The Bertz CT molecular complexity index is 2510. The molecule has 4 aromatic heterocycles. The highest BCUT2D eigenvalue weighted by Crippen LogP contribution is 2.36. The molecule has 2 aromatic carbocycles. The van der Waals surface area contributed by atoms with Crippen molar-refractivity contribution in [2.24, 2.45) is 0 Å². The fourth-order valence-corrected chi connectivity index (χ4v) is 9.13. The summed E-state index contributed by atoms with van der Waals surface area (Å²) in [4.78, 5) is 65.5. The minimum absolute atomic E-state index is 0.0358. The lowest BCUT2D eigenvalue weighted by Crippen LogP contribution is -2.53. The fourth-order valence-electron chi connectivity index (χ4n) is 7.74. The third-order valence-electron chi connectivity index (χ3n) is 11.3. The van der Waals surface area contributed by atoms with Gasteiger partial charge in [0.15, 0.2) is 11.4 Å². The summed E-state index contributed by atoms with van der Waals surface area (Å²) in [5, 5.41) is 33.0. The molecule has 0 spiro atoms. The van der Waals surface area contributed by atoms with Crippen LogP contribution in [0.15, 0.2) is 104 Å². The zero-order valence-corrected chi connectivity index (χ0v) is 35.5. The number of alkyl halides is 2. The van der Waals surface area contributed by atoms with Gasteiger partial charge in [0.05, 0.1) is 24.5 Å². The summed E-state index contributed by atoms with van der Waals surface area (Å²) in [6.45, 7) is 0.368. The van der Waals surface area contributed by atoms with Gasteiger partial charge in [-0.25, -0.2) is 18.7 Å². The molecule has 14 nitrogen and oxygen atoms in total. The van der Waals surface area contributed by atoms with Gasteiger partial charge in [-0.2, -0.15) is 22.7 Å². The number of likely N-dealkylation sites (tertiary alicyclic amines) is 2. The van der Waals surface area contributed by atoms with Crippen molar-refractivity contribution in [2.75, 3.05) is 26.2 Å². The number of halogens is 2. The quantitative estimate of drug-likeness (QED) is 0.100. The van der Waals surface area contributed by atoms with Crippen molar-refractivity contribution in [3.05, 3.63) is 128 Å². The van der Waals surface area contributed by atoms with Gasteiger partial charge in [-0.1, -0.05) is 24.3 Å². The molecule has 0 bridgehead atoms. The lowest BCUT2D eigenvalue weighted by Gasteiger charge is -2.35. The maximum absolute atomic E-state index is 14.2. The number of hydrogen-bond acceptors (Lipinski definition) is 12. The van der Waals surface area contributed by atoms with Crippen LogP contribution in [0.5, 0.6) is 0 Å². The molecule has 6 aromatic rings. The number of nitrogens with one attached hydrogen (secondary N) is 2. The number of carbonyl (C=O) groups is 4. The van der Waals surface area contributed by atoms with Crippen molar-refractivity contribution in [1.82, 2.24) is 30.4 Å². The minimum Gasteiger partial charge on any atom is -0.444 e. The van der Waals surface area contributed by atoms with Crippen LogP contribution in [0.2, 0.25) is 0 Å². The lowest BCUT2D eigenvalue weighted by atomic mass is 9.82. The van der Waals surface area contributed by atoms with Gasteiger partial charge >= 0.3 is 0 Å². The Labute approximate surface area is 368 Å². The van der Waals surface area contributed by atoms with E-state index in [0.717, 1.165) is 28.7 Å². The molecule has 4 amide bonds. The Morgan fingerprint density at radius 3 is 1.67 bits per heavy atom. The second-order valence-electron chi connectivity index (χ2n) is 15.6. The number of oxazole rings is 2. The highest BCUT2D eigenvalue weighted by molar-refractivity contribution is 7.08. The molecule has 4 N–H and O–H groups in total. The van der Waals surface area contributed by atoms with Crippen LogP contribution < -0.4 is 10.6 Å². The fraction of sp³-hybridized carbons (Fsp3) is 0.333. The molecule has 328 valence electrons. The highest BCUT2D eigenvalue weighted by atomic mass is 32.1. The van der Waals surface area contributed by atoms with E-state index in [1.165, 1.54) is 28.9 Å². The number of aliphatic hydroxyl groups is 2. The smallest absolute Gasteiger partial charge is 0.290 e. The summed E-state index contributed by atoms with van der Waals surface area (Å²) >= 11 is 2.85. The first kappa shape index (κ1) is 43.6. The number of hydrogen-bond donors (Lipinski definition) is 4. The van der Waals surface area contributed by atoms with E-state index >= 15 is 0 Å². The van der Waals surface area contributed by atoms with Crippen molar-refractivity contribution in [3.8, 4) is 22.9 Å². The average Bonchev–Trinajstić information content (AvgIpc) is 4.14. The van der Waals surface area contributed by atoms with Crippen molar-refractivity contribution < 1.29 is 47.0 Å². The first-order valence-corrected chi connectivity index (χ1v) is 22.3. The third-order valence-corrected chi connectivity index (χ3v) is 12.7. The van der Waals surface area contributed by atoms with E-state index in [4.69, 9.17) is 8.83 Å². The Morgan fingerprint density at radius 2 is 1.19 bits per heavy atom. The number of thiophene rings is 2. The van der Waals surface area contributed by atoms with Gasteiger partial charge in [-0.15, -0.1) is 0 Å². The lowest BCUT2D eigenvalue weighted by molar-refractivity contribution is -0.142. The summed E-state index contributed by atoms with van der Waals surface area (Å²) < 4.78 is 39.3. The summed E-state index contributed by atoms with van der Waals surface area (Å²) in [5.41, 5.74) is 4.16. The first-order valence-electron chi connectivity index (χ1n) is 20.5. The van der Waals surface area contributed by atoms with Gasteiger partial charge in [0.25, 0.3) is 17.7 Å². The van der Waals surface area contributed by atoms with Gasteiger partial charge in [0.2, 0.25) is 23.6 Å². The Kier molecular flexibility index (Phi) is 13.2. The van der Waals surface area contributed by atoms with Crippen LogP contribution in [-0.2, 0) is 22.7 Å². The minimum atomic E-state index is -3.42. The Balaban J connectivity index is 0.899. The van der Waals surface area contributed by atoms with Crippen molar-refractivity contribution >= 4 is 46.3 Å². The normalized spacial score (nSPS) is 18.6. The molecule has 2 aliphatic rings. The summed E-state index contributed by atoms with van der Waals surface area (Å²) in [6, 6.07) is 17.9. The number of aliphatic hydroxyl groups excluding tert-OH is 2. The van der Waals surface area contributed by atoms with E-state index in [1.807, 2.05) is 45.8 Å². The van der Waals surface area contributed by atoms with E-state index in [1.54, 1.807) is 41.3 Å². The molecule has 2 aliphatic heterocycles. The largest absolute Gasteiger partial charge is 0.444 e. The summed E-state index contributed by atoms with van der Waals surface area (Å²) in [5.74, 6) is -6.38. The molecule has 6 heterocycles. The van der Waals surface area contributed by atoms with Crippen LogP contribution >= 0.6 is 22.7 Å². The third kappa shape index (κ3) is 10.1. The van der Waals surface area contributed by atoms with Crippen LogP contribution in [-0.4, -0.2) is 97.9 Å². The van der Waals surface area contributed by atoms with Gasteiger partial charge < -0.3 is 39.5 Å². The molecular formula is C45H44F2N6O8S2. The molecule has 0 saturated carbocycles. The summed E-state index contributed by atoms with van der Waals surface area (Å²) in [6.07, 6.45) is 1.89. The average molecular weight is 899 g/mol. The van der Waals surface area contributed by atoms with E-state index in [9.17, 15) is 38.2 Å². The zero-order valence-electron chi connectivity index (χ0n) is 33.8. The predicted molar refractivity (Wildman–Crippen MR) is 229 cm³/mol. The van der Waals surface area contributed by atoms with Crippen molar-refractivity contribution in [3.63, 3.8) is 0 Å². The van der Waals surface area contributed by atoms with E-state index < -0.39 is 42.4 Å². The van der Waals surface area contributed by atoms with Crippen molar-refractivity contribution in [1.29, 1.82) is 0 Å². The van der Waals surface area contributed by atoms with E-state index in [0.29, 0.717) is 48.2 Å². The number of aromatic nitrogens is 2. The SMILES string of the molecule is O=C(NCc1ccc(-c2nc(C(=O)N3CCCC(O)CC3)co2)cc1)C(c1ccsc1)C(C(=O)NCc1ccc(-c2nc(C(=O)N3CCC(O)C(F)(F)C3)co2)cc1)c1ccsc1. The number of amides is 4. The second-order valence-corrected chi connectivity index (χ2v) is 17.2. The molecule has 18 heteroatoms. The van der Waals surface area contributed by atoms with Gasteiger partial charge in [-0.3, -0.25) is 19.2 Å². The molecule has 2 fully saturated rings. The molecule has 63 heavy (non-hydrogen) atoms. The number of carbonyl (C=O) groups excluding carboxylic acids is 4. The molecule has 0 radical (unpaired) electrons. The van der Waals surface area contributed by atoms with Crippen molar-refractivity contribution in [2.45, 2.75) is 68.7 Å². The second kappa shape index (κ2) is 19.1. The molecule has 2 saturated heterocycles.